The van der Waals surface area contributed by atoms with Gasteiger partial charge in [0, 0.05) is 0 Å². The Labute approximate surface area is 75.6 Å². The van der Waals surface area contributed by atoms with Gasteiger partial charge in [0.05, 0.1) is 0 Å². The van der Waals surface area contributed by atoms with Gasteiger partial charge in [0.15, 0.2) is 0 Å². The van der Waals surface area contributed by atoms with E-state index in [0.717, 1.165) is 12.8 Å². The van der Waals surface area contributed by atoms with Crippen LogP contribution in [0.5, 0.6) is 0 Å². The van der Waals surface area contributed by atoms with Crippen molar-refractivity contribution >= 4 is 0 Å². The Morgan fingerprint density at radius 1 is 1.08 bits per heavy atom. The van der Waals surface area contributed by atoms with Crippen LogP contribution in [-0.2, 0) is 6.42 Å². The first-order chi connectivity index (χ1) is 5.84. The highest BCUT2D eigenvalue weighted by atomic mass is 14.0. The predicted octanol–water partition coefficient (Wildman–Crippen LogP) is 3.42. The summed E-state index contributed by atoms with van der Waals surface area (Å²) in [5, 5.41) is 0. The van der Waals surface area contributed by atoms with Crippen LogP contribution in [0, 0.1) is 13.8 Å². The van der Waals surface area contributed by atoms with E-state index in [4.69, 9.17) is 0 Å². The van der Waals surface area contributed by atoms with Gasteiger partial charge in [0.25, 0.3) is 0 Å². The molecule has 1 aromatic carbocycles. The number of rotatable bonds is 4. The molecule has 0 amide bonds. The normalized spacial score (nSPS) is 10.2. The van der Waals surface area contributed by atoms with Crippen LogP contribution in [0.1, 0.15) is 30.4 Å². The van der Waals surface area contributed by atoms with Crippen LogP contribution in [0.15, 0.2) is 24.3 Å². The maximum absolute atomic E-state index is 3.98. The molecule has 0 aromatic heterocycles. The summed E-state index contributed by atoms with van der Waals surface area (Å²) in [6.07, 6.45) is 4.64. The second kappa shape index (κ2) is 4.97. The molecule has 1 rings (SSSR count). The van der Waals surface area contributed by atoms with Gasteiger partial charge in [-0.3, -0.25) is 0 Å². The Bertz CT molecular complexity index is 225. The minimum absolute atomic E-state index is 1.04. The summed E-state index contributed by atoms with van der Waals surface area (Å²) in [7, 11) is 0. The Morgan fingerprint density at radius 2 is 1.83 bits per heavy atom. The van der Waals surface area contributed by atoms with Crippen molar-refractivity contribution < 1.29 is 0 Å². The zero-order valence-corrected chi connectivity index (χ0v) is 7.55. The van der Waals surface area contributed by atoms with Crippen molar-refractivity contribution in [3.63, 3.8) is 0 Å². The van der Waals surface area contributed by atoms with Crippen LogP contribution in [0.2, 0.25) is 0 Å². The van der Waals surface area contributed by atoms with Crippen LogP contribution >= 0.6 is 0 Å². The first-order valence-electron chi connectivity index (χ1n) is 4.53. The second-order valence-corrected chi connectivity index (χ2v) is 3.08. The molecule has 0 atom stereocenters. The van der Waals surface area contributed by atoms with Crippen molar-refractivity contribution in [2.45, 2.75) is 25.7 Å². The minimum Gasteiger partial charge on any atom is -0.0620 e. The van der Waals surface area contributed by atoms with Crippen molar-refractivity contribution in [1.82, 2.24) is 0 Å². The van der Waals surface area contributed by atoms with Crippen molar-refractivity contribution in [2.75, 3.05) is 0 Å². The van der Waals surface area contributed by atoms with E-state index >= 15 is 0 Å². The van der Waals surface area contributed by atoms with Gasteiger partial charge in [-0.1, -0.05) is 44.0 Å². The van der Waals surface area contributed by atoms with Gasteiger partial charge in [-0.25, -0.2) is 0 Å². The fourth-order valence-electron chi connectivity index (χ4n) is 1.29. The topological polar surface area (TPSA) is 0 Å². The van der Waals surface area contributed by atoms with Crippen LogP contribution in [-0.4, -0.2) is 0 Å². The third-order valence-corrected chi connectivity index (χ3v) is 2.06. The predicted molar refractivity (Wildman–Crippen MR) is 53.8 cm³/mol. The molecule has 2 radical (unpaired) electrons. The van der Waals surface area contributed by atoms with Gasteiger partial charge >= 0.3 is 0 Å². The number of benzene rings is 1. The highest BCUT2D eigenvalue weighted by Gasteiger charge is 1.95. The fraction of sp³-hybridized carbons (Fsp3) is 0.333. The van der Waals surface area contributed by atoms with Crippen molar-refractivity contribution in [2.24, 2.45) is 0 Å². The third-order valence-electron chi connectivity index (χ3n) is 2.06. The van der Waals surface area contributed by atoms with E-state index in [1.54, 1.807) is 0 Å². The highest BCUT2D eigenvalue weighted by molar-refractivity contribution is 5.29. The lowest BCUT2D eigenvalue weighted by Gasteiger charge is -2.03. The van der Waals surface area contributed by atoms with Crippen molar-refractivity contribution in [1.29, 1.82) is 0 Å². The molecule has 0 N–H and O–H groups in total. The number of hydrogen-bond acceptors (Lipinski definition) is 0. The molecule has 0 heterocycles. The second-order valence-electron chi connectivity index (χ2n) is 3.08. The monoisotopic (exact) mass is 160 g/mol. The highest BCUT2D eigenvalue weighted by Crippen LogP contribution is 2.10. The summed E-state index contributed by atoms with van der Waals surface area (Å²) in [5.41, 5.74) is 2.55. The number of hydrogen-bond donors (Lipinski definition) is 0. The summed E-state index contributed by atoms with van der Waals surface area (Å²) in [4.78, 5) is 0. The van der Waals surface area contributed by atoms with E-state index in [2.05, 4.69) is 32.0 Å². The summed E-state index contributed by atoms with van der Waals surface area (Å²) in [6.45, 7) is 7.81. The van der Waals surface area contributed by atoms with Crippen LogP contribution in [0.3, 0.4) is 0 Å². The van der Waals surface area contributed by atoms with Crippen LogP contribution in [0.25, 0.3) is 0 Å². The summed E-state index contributed by atoms with van der Waals surface area (Å²) in [5.74, 6) is 0. The molecule has 0 nitrogen and oxygen atoms in total. The first-order valence-corrected chi connectivity index (χ1v) is 4.53. The SMILES string of the molecule is [CH2]CCCCc1ccccc1[CH2]. The molecule has 0 spiro atoms. The summed E-state index contributed by atoms with van der Waals surface area (Å²) in [6, 6.07) is 8.34. The summed E-state index contributed by atoms with van der Waals surface area (Å²) >= 11 is 0. The van der Waals surface area contributed by atoms with Gasteiger partial charge in [0.2, 0.25) is 0 Å². The number of aryl methyl sites for hydroxylation is 1. The fourth-order valence-corrected chi connectivity index (χ4v) is 1.29. The Hall–Kier alpha value is -0.780. The molecule has 0 saturated carbocycles. The lowest BCUT2D eigenvalue weighted by molar-refractivity contribution is 0.745. The largest absolute Gasteiger partial charge is 0.0620 e. The number of unbranched alkanes of at least 4 members (excludes halogenated alkanes) is 2. The van der Waals surface area contributed by atoms with E-state index in [-0.39, 0.29) is 0 Å². The van der Waals surface area contributed by atoms with E-state index in [0.29, 0.717) is 0 Å². The molecule has 0 aliphatic heterocycles. The molecule has 0 fully saturated rings. The maximum atomic E-state index is 3.98. The quantitative estimate of drug-likeness (QED) is 0.592. The molecular weight excluding hydrogens is 144 g/mol. The van der Waals surface area contributed by atoms with E-state index < -0.39 is 0 Å². The van der Waals surface area contributed by atoms with Crippen molar-refractivity contribution in [3.8, 4) is 0 Å². The lowest BCUT2D eigenvalue weighted by Crippen LogP contribution is -1.88. The molecule has 0 bridgehead atoms. The van der Waals surface area contributed by atoms with Crippen molar-refractivity contribution in [3.05, 3.63) is 49.2 Å². The Morgan fingerprint density at radius 3 is 2.50 bits per heavy atom. The first kappa shape index (κ1) is 9.31. The van der Waals surface area contributed by atoms with E-state index in [1.165, 1.54) is 24.0 Å². The standard InChI is InChI=1S/C12H16/c1-3-4-5-9-12-10-7-6-8-11(12)2/h6-8,10H,1-5,9H2. The lowest BCUT2D eigenvalue weighted by atomic mass is 10.0. The van der Waals surface area contributed by atoms with E-state index in [1.807, 2.05) is 6.07 Å². The zero-order chi connectivity index (χ0) is 8.81. The molecule has 0 aliphatic rings. The average molecular weight is 160 g/mol. The van der Waals surface area contributed by atoms with E-state index in [9.17, 15) is 0 Å². The molecule has 0 unspecified atom stereocenters. The molecule has 12 heavy (non-hydrogen) atoms. The Kier molecular flexibility index (Phi) is 3.86. The molecule has 1 aromatic rings. The average Bonchev–Trinajstić information content (AvgIpc) is 2.09. The molecule has 0 saturated heterocycles. The minimum atomic E-state index is 1.04. The smallest absolute Gasteiger partial charge is 0.0235 e. The third kappa shape index (κ3) is 2.69. The van der Waals surface area contributed by atoms with Gasteiger partial charge in [-0.15, -0.1) is 0 Å². The van der Waals surface area contributed by atoms with Gasteiger partial charge < -0.3 is 0 Å². The Balaban J connectivity index is 2.46. The maximum Gasteiger partial charge on any atom is -0.0235 e. The summed E-state index contributed by atoms with van der Waals surface area (Å²) < 4.78 is 0. The van der Waals surface area contributed by atoms with Crippen LogP contribution in [0.4, 0.5) is 0 Å². The van der Waals surface area contributed by atoms with Gasteiger partial charge in [-0.2, -0.15) is 0 Å². The van der Waals surface area contributed by atoms with Gasteiger partial charge in [0.1, 0.15) is 0 Å². The van der Waals surface area contributed by atoms with Crippen LogP contribution < -0.4 is 0 Å². The molecule has 0 heteroatoms. The zero-order valence-electron chi connectivity index (χ0n) is 7.55. The molecular formula is C12H16. The van der Waals surface area contributed by atoms with Gasteiger partial charge in [-0.05, 0) is 30.9 Å². The molecule has 64 valence electrons. The molecule has 0 aliphatic carbocycles.